The number of nitrogens with zero attached hydrogens (tertiary/aromatic N) is 1. The lowest BCUT2D eigenvalue weighted by Gasteiger charge is -2.16. The van der Waals surface area contributed by atoms with E-state index in [1.165, 1.54) is 6.92 Å². The first-order chi connectivity index (χ1) is 8.47. The Morgan fingerprint density at radius 2 is 2.17 bits per heavy atom. The normalized spacial score (nSPS) is 12.3. The minimum Gasteiger partial charge on any atom is -0.475 e. The summed E-state index contributed by atoms with van der Waals surface area (Å²) in [6.45, 7) is 8.39. The molecule has 1 N–H and O–H groups in total. The molecule has 0 aliphatic heterocycles. The maximum atomic E-state index is 10.8. The predicted molar refractivity (Wildman–Crippen MR) is 71.3 cm³/mol. The van der Waals surface area contributed by atoms with Gasteiger partial charge in [-0.1, -0.05) is 13.8 Å². The molecule has 4 heteroatoms. The van der Waals surface area contributed by atoms with Gasteiger partial charge in [-0.05, 0) is 30.9 Å². The van der Waals surface area contributed by atoms with E-state index in [0.717, 1.165) is 12.0 Å². The molecule has 1 aromatic heterocycles. The van der Waals surface area contributed by atoms with Crippen LogP contribution in [0.1, 0.15) is 39.7 Å². The molecule has 100 valence electrons. The minimum atomic E-state index is -0.0394. The number of ether oxygens (including phenoxy) is 1. The first-order valence-corrected chi connectivity index (χ1v) is 6.33. The van der Waals surface area contributed by atoms with Crippen molar-refractivity contribution in [1.82, 2.24) is 10.3 Å². The third-order valence-electron chi connectivity index (χ3n) is 2.47. The Labute approximate surface area is 109 Å². The summed E-state index contributed by atoms with van der Waals surface area (Å²) in [5, 5.41) is 2.75. The van der Waals surface area contributed by atoms with Gasteiger partial charge < -0.3 is 10.1 Å². The Bertz CT molecular complexity index is 391. The van der Waals surface area contributed by atoms with Gasteiger partial charge in [0, 0.05) is 25.7 Å². The van der Waals surface area contributed by atoms with Crippen LogP contribution in [0.2, 0.25) is 0 Å². The number of rotatable bonds is 6. The van der Waals surface area contributed by atoms with Crippen molar-refractivity contribution in [3.05, 3.63) is 23.9 Å². The van der Waals surface area contributed by atoms with Crippen LogP contribution in [0.25, 0.3) is 0 Å². The van der Waals surface area contributed by atoms with Crippen molar-refractivity contribution in [3.63, 3.8) is 0 Å². The number of hydrogen-bond donors (Lipinski definition) is 1. The highest BCUT2D eigenvalue weighted by atomic mass is 16.5. The molecule has 1 aromatic rings. The SMILES string of the molecule is CC(=O)NCc1ccnc(OC(C)CC(C)C)c1. The van der Waals surface area contributed by atoms with Crippen molar-refractivity contribution >= 4 is 5.91 Å². The zero-order chi connectivity index (χ0) is 13.5. The first kappa shape index (κ1) is 14.5. The zero-order valence-corrected chi connectivity index (χ0v) is 11.6. The largest absolute Gasteiger partial charge is 0.475 e. The molecule has 0 bridgehead atoms. The van der Waals surface area contributed by atoms with E-state index in [4.69, 9.17) is 4.74 Å². The molecule has 1 rings (SSSR count). The minimum absolute atomic E-state index is 0.0394. The van der Waals surface area contributed by atoms with E-state index in [1.54, 1.807) is 6.20 Å². The molecule has 1 amide bonds. The van der Waals surface area contributed by atoms with Crippen LogP contribution in [0.4, 0.5) is 0 Å². The highest BCUT2D eigenvalue weighted by molar-refractivity contribution is 5.72. The monoisotopic (exact) mass is 250 g/mol. The quantitative estimate of drug-likeness (QED) is 0.844. The second-order valence-corrected chi connectivity index (χ2v) is 4.97. The van der Waals surface area contributed by atoms with Gasteiger partial charge in [0.15, 0.2) is 0 Å². The Morgan fingerprint density at radius 1 is 1.44 bits per heavy atom. The number of carbonyl (C=O) groups excluding carboxylic acids is 1. The first-order valence-electron chi connectivity index (χ1n) is 6.33. The molecule has 18 heavy (non-hydrogen) atoms. The highest BCUT2D eigenvalue weighted by Crippen LogP contribution is 2.14. The van der Waals surface area contributed by atoms with E-state index in [1.807, 2.05) is 19.1 Å². The lowest BCUT2D eigenvalue weighted by molar-refractivity contribution is -0.119. The number of hydrogen-bond acceptors (Lipinski definition) is 3. The topological polar surface area (TPSA) is 51.2 Å². The molecule has 0 aliphatic rings. The van der Waals surface area contributed by atoms with Gasteiger partial charge in [0.25, 0.3) is 0 Å². The van der Waals surface area contributed by atoms with Crippen LogP contribution >= 0.6 is 0 Å². The molecule has 0 radical (unpaired) electrons. The van der Waals surface area contributed by atoms with E-state index in [2.05, 4.69) is 24.1 Å². The Hall–Kier alpha value is -1.58. The molecule has 0 aromatic carbocycles. The molecule has 0 saturated carbocycles. The number of nitrogens with one attached hydrogen (secondary N) is 1. The Kier molecular flexibility index (Phi) is 5.62. The van der Waals surface area contributed by atoms with Crippen LogP contribution in [0, 0.1) is 5.92 Å². The number of carbonyl (C=O) groups is 1. The maximum Gasteiger partial charge on any atom is 0.217 e. The summed E-state index contributed by atoms with van der Waals surface area (Å²) in [6.07, 6.45) is 2.85. The van der Waals surface area contributed by atoms with Crippen molar-refractivity contribution in [2.45, 2.75) is 46.8 Å². The van der Waals surface area contributed by atoms with Crippen LogP contribution in [-0.4, -0.2) is 17.0 Å². The molecule has 4 nitrogen and oxygen atoms in total. The molecule has 0 fully saturated rings. The van der Waals surface area contributed by atoms with Gasteiger partial charge >= 0.3 is 0 Å². The van der Waals surface area contributed by atoms with E-state index in [0.29, 0.717) is 18.3 Å². The third-order valence-corrected chi connectivity index (χ3v) is 2.47. The highest BCUT2D eigenvalue weighted by Gasteiger charge is 2.08. The lowest BCUT2D eigenvalue weighted by atomic mass is 10.1. The van der Waals surface area contributed by atoms with Crippen molar-refractivity contribution in [3.8, 4) is 5.88 Å². The van der Waals surface area contributed by atoms with E-state index < -0.39 is 0 Å². The fourth-order valence-electron chi connectivity index (χ4n) is 1.77. The summed E-state index contributed by atoms with van der Waals surface area (Å²) in [5.74, 6) is 1.18. The van der Waals surface area contributed by atoms with Gasteiger partial charge in [0.2, 0.25) is 11.8 Å². The summed E-state index contributed by atoms with van der Waals surface area (Å²) in [4.78, 5) is 15.0. The lowest BCUT2D eigenvalue weighted by Crippen LogP contribution is -2.19. The second-order valence-electron chi connectivity index (χ2n) is 4.97. The summed E-state index contributed by atoms with van der Waals surface area (Å²) >= 11 is 0. The van der Waals surface area contributed by atoms with Crippen LogP contribution in [0.15, 0.2) is 18.3 Å². The standard InChI is InChI=1S/C14H22N2O2/c1-10(2)7-11(3)18-14-8-13(5-6-15-14)9-16-12(4)17/h5-6,8,10-11H,7,9H2,1-4H3,(H,16,17). The van der Waals surface area contributed by atoms with Gasteiger partial charge in [-0.2, -0.15) is 0 Å². The molecule has 1 atom stereocenters. The molecule has 0 aliphatic carbocycles. The summed E-state index contributed by atoms with van der Waals surface area (Å²) in [6, 6.07) is 3.74. The van der Waals surface area contributed by atoms with Crippen molar-refractivity contribution in [2.75, 3.05) is 0 Å². The van der Waals surface area contributed by atoms with Crippen molar-refractivity contribution in [2.24, 2.45) is 5.92 Å². The van der Waals surface area contributed by atoms with Gasteiger partial charge in [-0.15, -0.1) is 0 Å². The average molecular weight is 250 g/mol. The van der Waals surface area contributed by atoms with E-state index in [9.17, 15) is 4.79 Å². The Balaban J connectivity index is 2.56. The zero-order valence-electron chi connectivity index (χ0n) is 11.6. The average Bonchev–Trinajstić information content (AvgIpc) is 2.25. The molecular weight excluding hydrogens is 228 g/mol. The van der Waals surface area contributed by atoms with Crippen molar-refractivity contribution in [1.29, 1.82) is 0 Å². The summed E-state index contributed by atoms with van der Waals surface area (Å²) in [5.41, 5.74) is 0.993. The van der Waals surface area contributed by atoms with E-state index >= 15 is 0 Å². The van der Waals surface area contributed by atoms with Gasteiger partial charge in [-0.3, -0.25) is 4.79 Å². The number of aromatic nitrogens is 1. The van der Waals surface area contributed by atoms with Gasteiger partial charge in [0.05, 0.1) is 6.10 Å². The molecule has 1 unspecified atom stereocenters. The number of amides is 1. The van der Waals surface area contributed by atoms with Gasteiger partial charge in [-0.25, -0.2) is 4.98 Å². The van der Waals surface area contributed by atoms with E-state index in [-0.39, 0.29) is 12.0 Å². The summed E-state index contributed by atoms with van der Waals surface area (Å²) < 4.78 is 5.75. The summed E-state index contributed by atoms with van der Waals surface area (Å²) in [7, 11) is 0. The predicted octanol–water partition coefficient (Wildman–Crippen LogP) is 2.53. The third kappa shape index (κ3) is 5.66. The molecule has 0 saturated heterocycles. The van der Waals surface area contributed by atoms with Crippen LogP contribution < -0.4 is 10.1 Å². The fourth-order valence-corrected chi connectivity index (χ4v) is 1.77. The van der Waals surface area contributed by atoms with Crippen molar-refractivity contribution < 1.29 is 9.53 Å². The number of pyridine rings is 1. The van der Waals surface area contributed by atoms with Gasteiger partial charge in [0.1, 0.15) is 0 Å². The Morgan fingerprint density at radius 3 is 2.78 bits per heavy atom. The van der Waals surface area contributed by atoms with Crippen LogP contribution in [0.3, 0.4) is 0 Å². The molecular formula is C14H22N2O2. The smallest absolute Gasteiger partial charge is 0.217 e. The fraction of sp³-hybridized carbons (Fsp3) is 0.571. The molecule has 1 heterocycles. The van der Waals surface area contributed by atoms with Crippen LogP contribution in [0.5, 0.6) is 5.88 Å². The maximum absolute atomic E-state index is 10.8. The second kappa shape index (κ2) is 6.99. The van der Waals surface area contributed by atoms with Crippen LogP contribution in [-0.2, 0) is 11.3 Å². The molecule has 0 spiro atoms.